The molecule has 0 aliphatic rings. The number of hydrogen-bond donors (Lipinski definition) is 0. The minimum absolute atomic E-state index is 1.33. The summed E-state index contributed by atoms with van der Waals surface area (Å²) in [5.74, 6) is 3.78. The summed E-state index contributed by atoms with van der Waals surface area (Å²) in [6.07, 6.45) is 19.9. The minimum Gasteiger partial charge on any atom is -0.157 e. The van der Waals surface area contributed by atoms with Gasteiger partial charge < -0.3 is 0 Å². The van der Waals surface area contributed by atoms with Crippen LogP contribution in [0.3, 0.4) is 0 Å². The van der Waals surface area contributed by atoms with Gasteiger partial charge in [0.25, 0.3) is 0 Å². The first kappa shape index (κ1) is 19.4. The van der Waals surface area contributed by atoms with Gasteiger partial charge in [-0.2, -0.15) is 11.8 Å². The fourth-order valence-corrected chi connectivity index (χ4v) is 3.19. The zero-order valence-electron chi connectivity index (χ0n) is 13.6. The first-order chi connectivity index (χ1) is 9.41. The number of hydrogen-bond acceptors (Lipinski definition) is 1. The quantitative estimate of drug-likeness (QED) is 0.266. The molecule has 0 saturated heterocycles. The van der Waals surface area contributed by atoms with Crippen molar-refractivity contribution in [1.82, 2.24) is 0 Å². The monoisotopic (exact) mass is 285 g/mol. The van der Waals surface area contributed by atoms with Crippen molar-refractivity contribution in [2.45, 2.75) is 104 Å². The van der Waals surface area contributed by atoms with Crippen LogP contribution < -0.4 is 0 Å². The standard InChI is InChI=1S/C18H37S/c1-3-5-7-8-9-10-11-12-13-14-16-18-19-17-15-6-4-2/h18H,3-17H2,1-2H3. The fraction of sp³-hybridized carbons (Fsp3) is 0.944. The topological polar surface area (TPSA) is 0 Å². The Morgan fingerprint density at radius 1 is 0.579 bits per heavy atom. The Hall–Kier alpha value is 0.350. The number of thioether (sulfide) groups is 1. The Kier molecular flexibility index (Phi) is 18.7. The Morgan fingerprint density at radius 3 is 1.63 bits per heavy atom. The zero-order valence-corrected chi connectivity index (χ0v) is 14.4. The highest BCUT2D eigenvalue weighted by Crippen LogP contribution is 2.16. The lowest BCUT2D eigenvalue weighted by Crippen LogP contribution is -1.83. The normalized spacial score (nSPS) is 11.1. The van der Waals surface area contributed by atoms with Gasteiger partial charge in [0.2, 0.25) is 0 Å². The van der Waals surface area contributed by atoms with Crippen LogP contribution in [0.5, 0.6) is 0 Å². The Labute approximate surface area is 127 Å². The van der Waals surface area contributed by atoms with Crippen LogP contribution in [0.15, 0.2) is 0 Å². The lowest BCUT2D eigenvalue weighted by atomic mass is 10.1. The summed E-state index contributed by atoms with van der Waals surface area (Å²) in [6.45, 7) is 4.57. The highest BCUT2D eigenvalue weighted by Gasteiger charge is 1.94. The molecule has 0 spiro atoms. The molecule has 19 heavy (non-hydrogen) atoms. The maximum Gasteiger partial charge on any atom is 0.0166 e. The highest BCUT2D eigenvalue weighted by molar-refractivity contribution is 8.01. The largest absolute Gasteiger partial charge is 0.157 e. The average molecular weight is 286 g/mol. The highest BCUT2D eigenvalue weighted by atomic mass is 32.2. The second-order valence-corrected chi connectivity index (χ2v) is 6.79. The molecule has 0 heterocycles. The molecule has 0 nitrogen and oxygen atoms in total. The van der Waals surface area contributed by atoms with E-state index in [0.29, 0.717) is 0 Å². The summed E-state index contributed by atoms with van der Waals surface area (Å²) in [4.78, 5) is 0. The second-order valence-electron chi connectivity index (χ2n) is 5.72. The van der Waals surface area contributed by atoms with E-state index in [9.17, 15) is 0 Å². The Bertz CT molecular complexity index is 129. The van der Waals surface area contributed by atoms with E-state index in [2.05, 4.69) is 19.6 Å². The van der Waals surface area contributed by atoms with Crippen LogP contribution in [0.2, 0.25) is 0 Å². The predicted molar refractivity (Wildman–Crippen MR) is 92.7 cm³/mol. The molecule has 0 rings (SSSR count). The van der Waals surface area contributed by atoms with Crippen LogP contribution in [-0.4, -0.2) is 5.75 Å². The van der Waals surface area contributed by atoms with Gasteiger partial charge in [-0.05, 0) is 18.6 Å². The van der Waals surface area contributed by atoms with Crippen molar-refractivity contribution >= 4 is 11.8 Å². The van der Waals surface area contributed by atoms with E-state index in [1.807, 2.05) is 11.8 Å². The summed E-state index contributed by atoms with van der Waals surface area (Å²) in [5, 5.41) is 0. The first-order valence-corrected chi connectivity index (χ1v) is 9.90. The maximum atomic E-state index is 2.44. The molecular formula is C18H37S. The zero-order chi connectivity index (χ0) is 14.0. The Balaban J connectivity index is 2.88. The summed E-state index contributed by atoms with van der Waals surface area (Å²) in [6, 6.07) is 0. The molecule has 0 aromatic carbocycles. The van der Waals surface area contributed by atoms with E-state index in [1.54, 1.807) is 0 Å². The van der Waals surface area contributed by atoms with Gasteiger partial charge in [0.05, 0.1) is 0 Å². The van der Waals surface area contributed by atoms with E-state index in [0.717, 1.165) is 0 Å². The number of unbranched alkanes of at least 4 members (excludes halogenated alkanes) is 12. The van der Waals surface area contributed by atoms with Crippen molar-refractivity contribution < 1.29 is 0 Å². The van der Waals surface area contributed by atoms with Gasteiger partial charge >= 0.3 is 0 Å². The van der Waals surface area contributed by atoms with Crippen molar-refractivity contribution in [3.05, 3.63) is 5.75 Å². The maximum absolute atomic E-state index is 2.44. The molecule has 0 aliphatic carbocycles. The van der Waals surface area contributed by atoms with Crippen molar-refractivity contribution in [2.24, 2.45) is 0 Å². The van der Waals surface area contributed by atoms with Crippen LogP contribution in [0.1, 0.15) is 104 Å². The van der Waals surface area contributed by atoms with Gasteiger partial charge in [0.15, 0.2) is 0 Å². The van der Waals surface area contributed by atoms with Crippen LogP contribution in [-0.2, 0) is 0 Å². The smallest absolute Gasteiger partial charge is 0.0166 e. The van der Waals surface area contributed by atoms with Gasteiger partial charge in [-0.1, -0.05) is 90.9 Å². The molecule has 0 bridgehead atoms. The molecule has 1 radical (unpaired) electrons. The molecule has 115 valence electrons. The molecule has 0 aromatic rings. The van der Waals surface area contributed by atoms with Gasteiger partial charge in [0.1, 0.15) is 0 Å². The van der Waals surface area contributed by atoms with E-state index < -0.39 is 0 Å². The van der Waals surface area contributed by atoms with Crippen LogP contribution in [0.4, 0.5) is 0 Å². The van der Waals surface area contributed by atoms with Gasteiger partial charge in [0, 0.05) is 5.75 Å². The molecule has 0 saturated carbocycles. The fourth-order valence-electron chi connectivity index (χ4n) is 2.32. The van der Waals surface area contributed by atoms with Crippen LogP contribution >= 0.6 is 11.8 Å². The summed E-state index contributed by atoms with van der Waals surface area (Å²) in [7, 11) is 0. The summed E-state index contributed by atoms with van der Waals surface area (Å²) < 4.78 is 0. The van der Waals surface area contributed by atoms with E-state index >= 15 is 0 Å². The molecule has 1 heteroatoms. The van der Waals surface area contributed by atoms with Gasteiger partial charge in [-0.25, -0.2) is 0 Å². The third kappa shape index (κ3) is 18.4. The van der Waals surface area contributed by atoms with E-state index in [4.69, 9.17) is 0 Å². The molecule has 0 aromatic heterocycles. The third-order valence-corrected chi connectivity index (χ3v) is 4.65. The SMILES string of the molecule is CCCCCCCCCCCC[CH]SCCCCC. The van der Waals surface area contributed by atoms with Crippen molar-refractivity contribution in [3.8, 4) is 0 Å². The van der Waals surface area contributed by atoms with E-state index in [1.165, 1.54) is 95.6 Å². The summed E-state index contributed by atoms with van der Waals surface area (Å²) in [5.41, 5.74) is 0. The molecule has 0 atom stereocenters. The van der Waals surface area contributed by atoms with Crippen LogP contribution in [0, 0.1) is 5.75 Å². The molecule has 0 amide bonds. The van der Waals surface area contributed by atoms with Crippen molar-refractivity contribution in [1.29, 1.82) is 0 Å². The van der Waals surface area contributed by atoms with Crippen molar-refractivity contribution in [3.63, 3.8) is 0 Å². The third-order valence-electron chi connectivity index (χ3n) is 3.66. The minimum atomic E-state index is 1.33. The molecule has 0 fully saturated rings. The predicted octanol–water partition coefficient (Wildman–Crippen LogP) is 7.38. The molecule has 0 unspecified atom stereocenters. The van der Waals surface area contributed by atoms with Crippen molar-refractivity contribution in [2.75, 3.05) is 5.75 Å². The Morgan fingerprint density at radius 2 is 1.05 bits per heavy atom. The number of rotatable bonds is 16. The second kappa shape index (κ2) is 18.4. The lowest BCUT2D eigenvalue weighted by molar-refractivity contribution is 0.557. The van der Waals surface area contributed by atoms with Gasteiger partial charge in [-0.3, -0.25) is 0 Å². The average Bonchev–Trinajstić information content (AvgIpc) is 2.43. The molecule has 0 N–H and O–H groups in total. The lowest BCUT2D eigenvalue weighted by Gasteiger charge is -2.03. The first-order valence-electron chi connectivity index (χ1n) is 8.85. The molecule has 0 aliphatic heterocycles. The van der Waals surface area contributed by atoms with Gasteiger partial charge in [-0.15, -0.1) is 0 Å². The van der Waals surface area contributed by atoms with E-state index in [-0.39, 0.29) is 0 Å². The molecular weight excluding hydrogens is 248 g/mol. The summed E-state index contributed by atoms with van der Waals surface area (Å²) >= 11 is 2.05. The van der Waals surface area contributed by atoms with Crippen LogP contribution in [0.25, 0.3) is 0 Å².